The molecule has 0 aliphatic heterocycles. The summed E-state index contributed by atoms with van der Waals surface area (Å²) in [7, 11) is 1.57. The Bertz CT molecular complexity index is 626. The number of methoxy groups -OCH3 is 1. The zero-order chi connectivity index (χ0) is 18.2. The molecule has 5 heteroatoms. The maximum Gasteiger partial charge on any atom is 0.331 e. The summed E-state index contributed by atoms with van der Waals surface area (Å²) >= 11 is 0. The number of carbonyl (C=O) groups excluding carboxylic acids is 2. The monoisotopic (exact) mass is 345 g/mol. The molecule has 1 fully saturated rings. The van der Waals surface area contributed by atoms with Crippen LogP contribution in [0, 0.1) is 11.8 Å². The van der Waals surface area contributed by atoms with Gasteiger partial charge in [0.25, 0.3) is 5.91 Å². The van der Waals surface area contributed by atoms with E-state index >= 15 is 0 Å². The van der Waals surface area contributed by atoms with Gasteiger partial charge in [-0.25, -0.2) is 4.79 Å². The van der Waals surface area contributed by atoms with Gasteiger partial charge in [-0.1, -0.05) is 44.9 Å². The van der Waals surface area contributed by atoms with Crippen molar-refractivity contribution < 1.29 is 19.1 Å². The molecular formula is C20H27NO4. The van der Waals surface area contributed by atoms with Crippen molar-refractivity contribution in [3.8, 4) is 5.75 Å². The second-order valence-electron chi connectivity index (χ2n) is 6.62. The van der Waals surface area contributed by atoms with Crippen LogP contribution in [0.15, 0.2) is 30.3 Å². The fraction of sp³-hybridized carbons (Fsp3) is 0.500. The summed E-state index contributed by atoms with van der Waals surface area (Å²) in [4.78, 5) is 23.8. The van der Waals surface area contributed by atoms with E-state index in [0.29, 0.717) is 17.6 Å². The molecule has 0 spiro atoms. The minimum Gasteiger partial charge on any atom is -0.496 e. The molecule has 0 heterocycles. The highest BCUT2D eigenvalue weighted by Crippen LogP contribution is 2.29. The minimum atomic E-state index is -0.550. The maximum atomic E-state index is 12.0. The number of rotatable bonds is 6. The second-order valence-corrected chi connectivity index (χ2v) is 6.62. The normalized spacial score (nSPS) is 23.2. The third kappa shape index (κ3) is 5.62. The topological polar surface area (TPSA) is 64.6 Å². The van der Waals surface area contributed by atoms with E-state index in [0.717, 1.165) is 18.4 Å². The molecule has 1 aliphatic carbocycles. The molecule has 1 aromatic rings. The van der Waals surface area contributed by atoms with E-state index in [1.807, 2.05) is 24.3 Å². The van der Waals surface area contributed by atoms with Crippen LogP contribution in [-0.4, -0.2) is 31.6 Å². The van der Waals surface area contributed by atoms with E-state index in [1.54, 1.807) is 13.2 Å². The van der Waals surface area contributed by atoms with Crippen LogP contribution in [0.1, 0.15) is 38.7 Å². The maximum absolute atomic E-state index is 12.0. The van der Waals surface area contributed by atoms with Crippen molar-refractivity contribution >= 4 is 18.0 Å². The summed E-state index contributed by atoms with van der Waals surface area (Å²) in [6.45, 7) is 4.12. The van der Waals surface area contributed by atoms with Gasteiger partial charge in [-0.3, -0.25) is 4.79 Å². The average Bonchev–Trinajstić information content (AvgIpc) is 2.62. The first kappa shape index (κ1) is 19.0. The average molecular weight is 345 g/mol. The van der Waals surface area contributed by atoms with E-state index in [-0.39, 0.29) is 18.6 Å². The first-order valence-corrected chi connectivity index (χ1v) is 8.78. The number of amides is 1. The summed E-state index contributed by atoms with van der Waals surface area (Å²) in [6.07, 6.45) is 6.23. The Labute approximate surface area is 149 Å². The van der Waals surface area contributed by atoms with Crippen LogP contribution in [0.4, 0.5) is 0 Å². The number of hydrogen-bond acceptors (Lipinski definition) is 4. The molecule has 0 bridgehead atoms. The Balaban J connectivity index is 1.79. The number of hydrogen-bond donors (Lipinski definition) is 1. The Morgan fingerprint density at radius 1 is 1.24 bits per heavy atom. The van der Waals surface area contributed by atoms with Crippen molar-refractivity contribution in [1.82, 2.24) is 5.32 Å². The molecule has 1 saturated carbocycles. The zero-order valence-electron chi connectivity index (χ0n) is 15.2. The number of ether oxygens (including phenoxy) is 2. The van der Waals surface area contributed by atoms with Gasteiger partial charge in [-0.15, -0.1) is 0 Å². The molecule has 1 aliphatic rings. The largest absolute Gasteiger partial charge is 0.496 e. The fourth-order valence-corrected chi connectivity index (χ4v) is 3.18. The fourth-order valence-electron chi connectivity index (χ4n) is 3.18. The summed E-state index contributed by atoms with van der Waals surface area (Å²) in [5, 5.41) is 2.99. The number of esters is 1. The van der Waals surface area contributed by atoms with Gasteiger partial charge in [0.1, 0.15) is 5.75 Å². The summed E-state index contributed by atoms with van der Waals surface area (Å²) in [5.41, 5.74) is 0.774. The van der Waals surface area contributed by atoms with Gasteiger partial charge in [0, 0.05) is 17.7 Å². The highest BCUT2D eigenvalue weighted by molar-refractivity contribution is 5.89. The predicted octanol–water partition coefficient (Wildman–Crippen LogP) is 3.19. The third-order valence-electron chi connectivity index (χ3n) is 4.94. The van der Waals surface area contributed by atoms with E-state index < -0.39 is 5.97 Å². The van der Waals surface area contributed by atoms with Crippen molar-refractivity contribution in [3.63, 3.8) is 0 Å². The molecule has 1 N–H and O–H groups in total. The van der Waals surface area contributed by atoms with Gasteiger partial charge in [0.2, 0.25) is 0 Å². The van der Waals surface area contributed by atoms with Crippen LogP contribution in [-0.2, 0) is 14.3 Å². The molecule has 136 valence electrons. The summed E-state index contributed by atoms with van der Waals surface area (Å²) < 4.78 is 10.2. The quantitative estimate of drug-likeness (QED) is 0.635. The molecule has 5 nitrogen and oxygen atoms in total. The molecule has 0 saturated heterocycles. The molecule has 0 radical (unpaired) electrons. The van der Waals surface area contributed by atoms with Gasteiger partial charge in [0.05, 0.1) is 7.11 Å². The molecule has 3 unspecified atom stereocenters. The Morgan fingerprint density at radius 3 is 2.76 bits per heavy atom. The standard InChI is InChI=1S/C20H27NO4/c1-14-7-6-9-17(15(14)2)21-19(22)13-25-20(23)12-11-16-8-4-5-10-18(16)24-3/h4-5,8,10-12,14-15,17H,6-7,9,13H2,1-3H3,(H,21,22)/b12-11+. The van der Waals surface area contributed by atoms with Gasteiger partial charge in [-0.2, -0.15) is 0 Å². The Morgan fingerprint density at radius 2 is 2.00 bits per heavy atom. The number of nitrogens with one attached hydrogen (secondary N) is 1. The molecule has 25 heavy (non-hydrogen) atoms. The molecule has 0 aromatic heterocycles. The van der Waals surface area contributed by atoms with Crippen molar-refractivity contribution in [3.05, 3.63) is 35.9 Å². The first-order chi connectivity index (χ1) is 12.0. The minimum absolute atomic E-state index is 0.166. The summed E-state index contributed by atoms with van der Waals surface area (Å²) in [6, 6.07) is 7.52. The van der Waals surface area contributed by atoms with Crippen LogP contribution < -0.4 is 10.1 Å². The SMILES string of the molecule is COc1ccccc1/C=C/C(=O)OCC(=O)NC1CCCC(C)C1C. The Kier molecular flexibility index (Phi) is 7.04. The molecular weight excluding hydrogens is 318 g/mol. The van der Waals surface area contributed by atoms with Crippen molar-refractivity contribution in [1.29, 1.82) is 0 Å². The predicted molar refractivity (Wildman–Crippen MR) is 97.1 cm³/mol. The van der Waals surface area contributed by atoms with Crippen LogP contribution in [0.5, 0.6) is 5.75 Å². The van der Waals surface area contributed by atoms with Crippen LogP contribution >= 0.6 is 0 Å². The molecule has 1 aromatic carbocycles. The molecule has 1 amide bonds. The number of para-hydroxylation sites is 1. The first-order valence-electron chi connectivity index (χ1n) is 8.78. The van der Waals surface area contributed by atoms with E-state index in [4.69, 9.17) is 9.47 Å². The number of benzene rings is 1. The molecule has 3 atom stereocenters. The van der Waals surface area contributed by atoms with Gasteiger partial charge >= 0.3 is 5.97 Å². The smallest absolute Gasteiger partial charge is 0.331 e. The number of carbonyl (C=O) groups is 2. The van der Waals surface area contributed by atoms with Gasteiger partial charge < -0.3 is 14.8 Å². The lowest BCUT2D eigenvalue weighted by Crippen LogP contribution is -2.45. The van der Waals surface area contributed by atoms with Gasteiger partial charge in [0.15, 0.2) is 6.61 Å². The van der Waals surface area contributed by atoms with Gasteiger partial charge in [-0.05, 0) is 30.4 Å². The van der Waals surface area contributed by atoms with Crippen molar-refractivity contribution in [2.45, 2.75) is 39.2 Å². The van der Waals surface area contributed by atoms with E-state index in [2.05, 4.69) is 19.2 Å². The van der Waals surface area contributed by atoms with Crippen LogP contribution in [0.3, 0.4) is 0 Å². The second kappa shape index (κ2) is 9.25. The lowest BCUT2D eigenvalue weighted by Gasteiger charge is -2.34. The lowest BCUT2D eigenvalue weighted by atomic mass is 9.78. The lowest BCUT2D eigenvalue weighted by molar-refractivity contribution is -0.144. The summed E-state index contributed by atoms with van der Waals surface area (Å²) in [5.74, 6) is 0.921. The highest BCUT2D eigenvalue weighted by atomic mass is 16.5. The molecule has 2 rings (SSSR count). The zero-order valence-corrected chi connectivity index (χ0v) is 15.2. The van der Waals surface area contributed by atoms with Crippen molar-refractivity contribution in [2.75, 3.05) is 13.7 Å². The Hall–Kier alpha value is -2.30. The van der Waals surface area contributed by atoms with Crippen LogP contribution in [0.2, 0.25) is 0 Å². The van der Waals surface area contributed by atoms with Crippen LogP contribution in [0.25, 0.3) is 6.08 Å². The highest BCUT2D eigenvalue weighted by Gasteiger charge is 2.28. The van der Waals surface area contributed by atoms with E-state index in [9.17, 15) is 9.59 Å². The third-order valence-corrected chi connectivity index (χ3v) is 4.94. The van der Waals surface area contributed by atoms with E-state index in [1.165, 1.54) is 12.5 Å². The van der Waals surface area contributed by atoms with Crippen molar-refractivity contribution in [2.24, 2.45) is 11.8 Å².